The summed E-state index contributed by atoms with van der Waals surface area (Å²) in [6.45, 7) is 6.70. The number of hydrogen-bond acceptors (Lipinski definition) is 2. The third-order valence-corrected chi connectivity index (χ3v) is 4.92. The van der Waals surface area contributed by atoms with Crippen molar-refractivity contribution in [2.75, 3.05) is 19.7 Å². The molecular formula is C16H24BrNO. The van der Waals surface area contributed by atoms with E-state index >= 15 is 0 Å². The van der Waals surface area contributed by atoms with Gasteiger partial charge >= 0.3 is 0 Å². The van der Waals surface area contributed by atoms with Crippen molar-refractivity contribution in [1.82, 2.24) is 5.32 Å². The van der Waals surface area contributed by atoms with Gasteiger partial charge in [-0.05, 0) is 30.5 Å². The lowest BCUT2D eigenvalue weighted by Crippen LogP contribution is -2.45. The zero-order valence-electron chi connectivity index (χ0n) is 11.9. The van der Waals surface area contributed by atoms with E-state index < -0.39 is 0 Å². The summed E-state index contributed by atoms with van der Waals surface area (Å²) in [5.74, 6) is 0. The fourth-order valence-corrected chi connectivity index (χ4v) is 3.12. The molecule has 0 spiro atoms. The molecule has 1 aromatic rings. The van der Waals surface area contributed by atoms with Gasteiger partial charge in [-0.1, -0.05) is 48.3 Å². The minimum Gasteiger partial charge on any atom is -0.396 e. The molecule has 19 heavy (non-hydrogen) atoms. The molecule has 2 N–H and O–H groups in total. The van der Waals surface area contributed by atoms with E-state index in [1.165, 1.54) is 12.0 Å². The van der Waals surface area contributed by atoms with Crippen molar-refractivity contribution in [3.05, 3.63) is 34.3 Å². The molecule has 0 heterocycles. The number of halogens is 1. The number of rotatable bonds is 6. The van der Waals surface area contributed by atoms with Crippen LogP contribution in [-0.4, -0.2) is 24.8 Å². The highest BCUT2D eigenvalue weighted by molar-refractivity contribution is 9.10. The number of nitrogens with one attached hydrogen (secondary N) is 1. The smallest absolute Gasteiger partial charge is 0.0499 e. The van der Waals surface area contributed by atoms with Crippen molar-refractivity contribution in [2.45, 2.75) is 38.5 Å². The highest BCUT2D eigenvalue weighted by Crippen LogP contribution is 2.39. The maximum atomic E-state index is 9.47. The maximum absolute atomic E-state index is 9.47. The van der Waals surface area contributed by atoms with Crippen LogP contribution in [0.25, 0.3) is 0 Å². The molecule has 1 fully saturated rings. The van der Waals surface area contributed by atoms with Gasteiger partial charge in [0.05, 0.1) is 0 Å². The van der Waals surface area contributed by atoms with E-state index in [0.717, 1.165) is 30.4 Å². The molecule has 1 aliphatic rings. The third kappa shape index (κ3) is 3.59. The monoisotopic (exact) mass is 325 g/mol. The molecule has 1 saturated carbocycles. The second-order valence-electron chi connectivity index (χ2n) is 6.51. The molecule has 0 aliphatic heterocycles. The van der Waals surface area contributed by atoms with Crippen LogP contribution in [0.1, 0.15) is 38.7 Å². The van der Waals surface area contributed by atoms with Gasteiger partial charge in [-0.15, -0.1) is 0 Å². The van der Waals surface area contributed by atoms with Gasteiger partial charge in [0.25, 0.3) is 0 Å². The van der Waals surface area contributed by atoms with Crippen LogP contribution in [0.3, 0.4) is 0 Å². The molecule has 0 radical (unpaired) electrons. The Morgan fingerprint density at radius 3 is 2.63 bits per heavy atom. The number of hydrogen-bond donors (Lipinski definition) is 2. The number of aliphatic hydroxyl groups excluding tert-OH is 1. The summed E-state index contributed by atoms with van der Waals surface area (Å²) >= 11 is 3.53. The summed E-state index contributed by atoms with van der Waals surface area (Å²) in [7, 11) is 0. The summed E-state index contributed by atoms with van der Waals surface area (Å²) in [4.78, 5) is 0. The van der Waals surface area contributed by atoms with E-state index in [-0.39, 0.29) is 10.8 Å². The number of aliphatic hydroxyl groups is 1. The first-order chi connectivity index (χ1) is 8.97. The molecule has 106 valence electrons. The molecular weight excluding hydrogens is 302 g/mol. The standard InChI is InChI=1S/C16H24BrNO/c1-15(2,13-5-3-6-14(17)9-13)10-18-11-16(12-19)7-4-8-16/h3,5-6,9,18-19H,4,7-8,10-12H2,1-2H3. The predicted octanol–water partition coefficient (Wildman–Crippen LogP) is 3.48. The maximum Gasteiger partial charge on any atom is 0.0499 e. The Hall–Kier alpha value is -0.380. The van der Waals surface area contributed by atoms with Crippen molar-refractivity contribution in [3.8, 4) is 0 Å². The Balaban J connectivity index is 1.90. The van der Waals surface area contributed by atoms with E-state index in [0.29, 0.717) is 6.61 Å². The van der Waals surface area contributed by atoms with Crippen molar-refractivity contribution in [1.29, 1.82) is 0 Å². The van der Waals surface area contributed by atoms with Gasteiger partial charge in [0.1, 0.15) is 0 Å². The molecule has 0 unspecified atom stereocenters. The van der Waals surface area contributed by atoms with E-state index in [9.17, 15) is 5.11 Å². The molecule has 0 bridgehead atoms. The van der Waals surface area contributed by atoms with Gasteiger partial charge < -0.3 is 10.4 Å². The Kier molecular flexibility index (Phi) is 4.70. The molecule has 0 saturated heterocycles. The van der Waals surface area contributed by atoms with E-state index in [1.54, 1.807) is 0 Å². The lowest BCUT2D eigenvalue weighted by atomic mass is 9.69. The number of benzene rings is 1. The average molecular weight is 326 g/mol. The second kappa shape index (κ2) is 5.94. The van der Waals surface area contributed by atoms with Crippen LogP contribution in [0.5, 0.6) is 0 Å². The lowest BCUT2D eigenvalue weighted by molar-refractivity contribution is 0.0438. The summed E-state index contributed by atoms with van der Waals surface area (Å²) in [6, 6.07) is 8.51. The Morgan fingerprint density at radius 1 is 1.37 bits per heavy atom. The van der Waals surface area contributed by atoms with Gasteiger partial charge in [0, 0.05) is 35.0 Å². The largest absolute Gasteiger partial charge is 0.396 e. The van der Waals surface area contributed by atoms with Crippen molar-refractivity contribution in [3.63, 3.8) is 0 Å². The SMILES string of the molecule is CC(C)(CNCC1(CO)CCC1)c1cccc(Br)c1. The third-order valence-electron chi connectivity index (χ3n) is 4.42. The fourth-order valence-electron chi connectivity index (χ4n) is 2.72. The van der Waals surface area contributed by atoms with Crippen LogP contribution >= 0.6 is 15.9 Å². The Morgan fingerprint density at radius 2 is 2.11 bits per heavy atom. The van der Waals surface area contributed by atoms with E-state index in [1.807, 2.05) is 0 Å². The van der Waals surface area contributed by atoms with Crippen LogP contribution in [0.2, 0.25) is 0 Å². The van der Waals surface area contributed by atoms with Gasteiger partial charge in [-0.3, -0.25) is 0 Å². The molecule has 0 aromatic heterocycles. The van der Waals surface area contributed by atoms with Crippen LogP contribution in [0, 0.1) is 5.41 Å². The van der Waals surface area contributed by atoms with Crippen molar-refractivity contribution in [2.24, 2.45) is 5.41 Å². The van der Waals surface area contributed by atoms with Gasteiger partial charge in [0.15, 0.2) is 0 Å². The minimum absolute atomic E-state index is 0.101. The van der Waals surface area contributed by atoms with Crippen LogP contribution in [0.4, 0.5) is 0 Å². The highest BCUT2D eigenvalue weighted by Gasteiger charge is 2.36. The first-order valence-corrected chi connectivity index (χ1v) is 7.84. The van der Waals surface area contributed by atoms with Crippen LogP contribution in [-0.2, 0) is 5.41 Å². The topological polar surface area (TPSA) is 32.3 Å². The average Bonchev–Trinajstić information content (AvgIpc) is 2.32. The normalized spacial score (nSPS) is 18.1. The summed E-state index contributed by atoms with van der Waals surface area (Å²) in [5, 5.41) is 13.0. The summed E-state index contributed by atoms with van der Waals surface area (Å²) in [5.41, 5.74) is 1.60. The zero-order valence-corrected chi connectivity index (χ0v) is 13.5. The highest BCUT2D eigenvalue weighted by atomic mass is 79.9. The van der Waals surface area contributed by atoms with Crippen LogP contribution < -0.4 is 5.32 Å². The first-order valence-electron chi connectivity index (χ1n) is 7.05. The first kappa shape index (κ1) is 15.0. The van der Waals surface area contributed by atoms with Crippen LogP contribution in [0.15, 0.2) is 28.7 Å². The van der Waals surface area contributed by atoms with Gasteiger partial charge in [0.2, 0.25) is 0 Å². The van der Waals surface area contributed by atoms with Crippen molar-refractivity contribution < 1.29 is 5.11 Å². The molecule has 1 aromatic carbocycles. The zero-order chi connectivity index (χ0) is 13.9. The Labute approximate surface area is 124 Å². The predicted molar refractivity (Wildman–Crippen MR) is 83.4 cm³/mol. The molecule has 2 nitrogen and oxygen atoms in total. The summed E-state index contributed by atoms with van der Waals surface area (Å²) in [6.07, 6.45) is 3.58. The fraction of sp³-hybridized carbons (Fsp3) is 0.625. The van der Waals surface area contributed by atoms with E-state index in [2.05, 4.69) is 59.4 Å². The quantitative estimate of drug-likeness (QED) is 0.839. The van der Waals surface area contributed by atoms with E-state index in [4.69, 9.17) is 0 Å². The van der Waals surface area contributed by atoms with Gasteiger partial charge in [-0.2, -0.15) is 0 Å². The molecule has 3 heteroatoms. The second-order valence-corrected chi connectivity index (χ2v) is 7.43. The molecule has 0 amide bonds. The van der Waals surface area contributed by atoms with Crippen molar-refractivity contribution >= 4 is 15.9 Å². The molecule has 2 rings (SSSR count). The molecule has 0 atom stereocenters. The summed E-state index contributed by atoms with van der Waals surface area (Å²) < 4.78 is 1.13. The lowest BCUT2D eigenvalue weighted by Gasteiger charge is -2.41. The Bertz CT molecular complexity index is 421. The minimum atomic E-state index is 0.101. The molecule has 1 aliphatic carbocycles. The van der Waals surface area contributed by atoms with Gasteiger partial charge in [-0.25, -0.2) is 0 Å².